The fraction of sp³-hybridized carbons (Fsp3) is 0.368. The summed E-state index contributed by atoms with van der Waals surface area (Å²) in [5.74, 6) is -0.0304. The van der Waals surface area contributed by atoms with Crippen molar-refractivity contribution in [2.75, 3.05) is 0 Å². The summed E-state index contributed by atoms with van der Waals surface area (Å²) >= 11 is 1.62. The van der Waals surface area contributed by atoms with Gasteiger partial charge in [0.2, 0.25) is 0 Å². The van der Waals surface area contributed by atoms with Gasteiger partial charge < -0.3 is 14.8 Å². The van der Waals surface area contributed by atoms with E-state index in [1.54, 1.807) is 11.3 Å². The summed E-state index contributed by atoms with van der Waals surface area (Å²) in [6, 6.07) is 10.4. The largest absolute Gasteiger partial charge is 0.481 e. The highest BCUT2D eigenvalue weighted by atomic mass is 32.1. The standard InChI is InChI=1S/C19H20N2O3S/c22-19(23)12-5-7-14(8-6-12)20-10-18-21-15(11-25-18)17-9-13-3-1-2-4-16(13)24-17/h1-4,9,11-12,14,20H,5-8,10H2,(H,22,23). The molecule has 4 rings (SSSR count). The van der Waals surface area contributed by atoms with Gasteiger partial charge in [0.15, 0.2) is 5.76 Å². The molecule has 0 aliphatic heterocycles. The molecule has 0 atom stereocenters. The van der Waals surface area contributed by atoms with Gasteiger partial charge in [0.25, 0.3) is 0 Å². The third kappa shape index (κ3) is 3.60. The average Bonchev–Trinajstić information content (AvgIpc) is 3.26. The Kier molecular flexibility index (Phi) is 4.55. The molecule has 130 valence electrons. The molecule has 2 aromatic heterocycles. The summed E-state index contributed by atoms with van der Waals surface area (Å²) in [4.78, 5) is 15.7. The second-order valence-electron chi connectivity index (χ2n) is 6.54. The Morgan fingerprint density at radius 3 is 2.84 bits per heavy atom. The number of nitrogens with zero attached hydrogens (tertiary/aromatic N) is 1. The molecule has 2 N–H and O–H groups in total. The summed E-state index contributed by atoms with van der Waals surface area (Å²) in [5, 5.41) is 16.7. The molecule has 1 aliphatic carbocycles. The number of carboxylic acids is 1. The lowest BCUT2D eigenvalue weighted by Crippen LogP contribution is -2.34. The van der Waals surface area contributed by atoms with Crippen LogP contribution in [0.25, 0.3) is 22.4 Å². The van der Waals surface area contributed by atoms with Crippen LogP contribution in [0.5, 0.6) is 0 Å². The molecule has 1 fully saturated rings. The van der Waals surface area contributed by atoms with E-state index in [1.165, 1.54) is 0 Å². The second-order valence-corrected chi connectivity index (χ2v) is 7.49. The van der Waals surface area contributed by atoms with E-state index >= 15 is 0 Å². The van der Waals surface area contributed by atoms with Crippen molar-refractivity contribution in [3.63, 3.8) is 0 Å². The van der Waals surface area contributed by atoms with Crippen LogP contribution in [0.2, 0.25) is 0 Å². The van der Waals surface area contributed by atoms with Crippen molar-refractivity contribution in [2.45, 2.75) is 38.3 Å². The molecule has 0 spiro atoms. The first-order valence-corrected chi connectivity index (χ1v) is 9.46. The number of hydrogen-bond donors (Lipinski definition) is 2. The Balaban J connectivity index is 1.36. The number of carbonyl (C=O) groups is 1. The minimum Gasteiger partial charge on any atom is -0.481 e. The topological polar surface area (TPSA) is 75.4 Å². The minimum absolute atomic E-state index is 0.169. The minimum atomic E-state index is -0.658. The highest BCUT2D eigenvalue weighted by molar-refractivity contribution is 7.09. The van der Waals surface area contributed by atoms with Crippen molar-refractivity contribution in [1.29, 1.82) is 0 Å². The van der Waals surface area contributed by atoms with E-state index in [0.29, 0.717) is 12.6 Å². The summed E-state index contributed by atoms with van der Waals surface area (Å²) in [6.07, 6.45) is 3.35. The van der Waals surface area contributed by atoms with Gasteiger partial charge in [-0.2, -0.15) is 0 Å². The third-order valence-electron chi connectivity index (χ3n) is 4.85. The van der Waals surface area contributed by atoms with Crippen molar-refractivity contribution in [2.24, 2.45) is 5.92 Å². The molecule has 25 heavy (non-hydrogen) atoms. The molecule has 1 aliphatic rings. The van der Waals surface area contributed by atoms with Crippen LogP contribution in [0.1, 0.15) is 30.7 Å². The fourth-order valence-electron chi connectivity index (χ4n) is 3.39. The summed E-state index contributed by atoms with van der Waals surface area (Å²) < 4.78 is 5.86. The van der Waals surface area contributed by atoms with E-state index in [-0.39, 0.29) is 5.92 Å². The number of benzene rings is 1. The monoisotopic (exact) mass is 356 g/mol. The number of fused-ring (bicyclic) bond motifs is 1. The van der Waals surface area contributed by atoms with Gasteiger partial charge in [-0.1, -0.05) is 18.2 Å². The first-order valence-electron chi connectivity index (χ1n) is 8.58. The van der Waals surface area contributed by atoms with Gasteiger partial charge in [0.1, 0.15) is 16.3 Å². The summed E-state index contributed by atoms with van der Waals surface area (Å²) in [7, 11) is 0. The number of hydrogen-bond acceptors (Lipinski definition) is 5. The highest BCUT2D eigenvalue weighted by Gasteiger charge is 2.25. The quantitative estimate of drug-likeness (QED) is 0.713. The van der Waals surface area contributed by atoms with Gasteiger partial charge in [0.05, 0.1) is 5.92 Å². The van der Waals surface area contributed by atoms with Crippen molar-refractivity contribution in [3.8, 4) is 11.5 Å². The third-order valence-corrected chi connectivity index (χ3v) is 5.70. The van der Waals surface area contributed by atoms with E-state index in [0.717, 1.165) is 53.1 Å². The van der Waals surface area contributed by atoms with Gasteiger partial charge in [-0.25, -0.2) is 4.98 Å². The first kappa shape index (κ1) is 16.3. The van der Waals surface area contributed by atoms with Gasteiger partial charge >= 0.3 is 5.97 Å². The number of nitrogens with one attached hydrogen (secondary N) is 1. The molecule has 1 saturated carbocycles. The number of rotatable bonds is 5. The van der Waals surface area contributed by atoms with Crippen molar-refractivity contribution in [3.05, 3.63) is 40.7 Å². The van der Waals surface area contributed by atoms with Crippen molar-refractivity contribution >= 4 is 28.3 Å². The Hall–Kier alpha value is -2.18. The van der Waals surface area contributed by atoms with Gasteiger partial charge in [-0.05, 0) is 37.8 Å². The van der Waals surface area contributed by atoms with Crippen LogP contribution >= 0.6 is 11.3 Å². The van der Waals surface area contributed by atoms with E-state index in [2.05, 4.69) is 10.3 Å². The van der Waals surface area contributed by atoms with Crippen LogP contribution in [0.15, 0.2) is 40.1 Å². The SMILES string of the molecule is O=C(O)C1CCC(NCc2nc(-c3cc4ccccc4o3)cs2)CC1. The lowest BCUT2D eigenvalue weighted by Gasteiger charge is -2.26. The number of thiazole rings is 1. The maximum atomic E-state index is 11.0. The Morgan fingerprint density at radius 2 is 2.08 bits per heavy atom. The van der Waals surface area contributed by atoms with E-state index in [9.17, 15) is 4.79 Å². The van der Waals surface area contributed by atoms with Gasteiger partial charge in [0, 0.05) is 23.4 Å². The lowest BCUT2D eigenvalue weighted by molar-refractivity contribution is -0.142. The molecule has 0 radical (unpaired) electrons. The van der Waals surface area contributed by atoms with E-state index in [1.807, 2.05) is 35.7 Å². The fourth-order valence-corrected chi connectivity index (χ4v) is 4.12. The smallest absolute Gasteiger partial charge is 0.306 e. The normalized spacial score (nSPS) is 20.8. The molecule has 0 bridgehead atoms. The molecular weight excluding hydrogens is 336 g/mol. The Morgan fingerprint density at radius 1 is 1.28 bits per heavy atom. The second kappa shape index (κ2) is 6.98. The predicted molar refractivity (Wildman–Crippen MR) is 97.5 cm³/mol. The van der Waals surface area contributed by atoms with Crippen LogP contribution in [0.3, 0.4) is 0 Å². The number of aliphatic carboxylic acids is 1. The van der Waals surface area contributed by atoms with Gasteiger partial charge in [-0.3, -0.25) is 4.79 Å². The maximum absolute atomic E-state index is 11.0. The molecule has 0 amide bonds. The number of aromatic nitrogens is 1. The van der Waals surface area contributed by atoms with Gasteiger partial charge in [-0.15, -0.1) is 11.3 Å². The highest BCUT2D eigenvalue weighted by Crippen LogP contribution is 2.29. The maximum Gasteiger partial charge on any atom is 0.306 e. The van der Waals surface area contributed by atoms with E-state index < -0.39 is 5.97 Å². The number of furan rings is 1. The first-order chi connectivity index (χ1) is 12.2. The number of carboxylic acid groups (broad SMARTS) is 1. The average molecular weight is 356 g/mol. The predicted octanol–water partition coefficient (Wildman–Crippen LogP) is 4.29. The van der Waals surface area contributed by atoms with Crippen LogP contribution in [-0.4, -0.2) is 22.1 Å². The van der Waals surface area contributed by atoms with Crippen molar-refractivity contribution < 1.29 is 14.3 Å². The molecule has 1 aromatic carbocycles. The van der Waals surface area contributed by atoms with E-state index in [4.69, 9.17) is 9.52 Å². The van der Waals surface area contributed by atoms with Crippen molar-refractivity contribution in [1.82, 2.24) is 10.3 Å². The zero-order chi connectivity index (χ0) is 17.2. The Bertz CT molecular complexity index is 845. The molecule has 0 unspecified atom stereocenters. The summed E-state index contributed by atoms with van der Waals surface area (Å²) in [6.45, 7) is 0.716. The molecule has 2 heterocycles. The molecule has 3 aromatic rings. The molecule has 6 heteroatoms. The number of para-hydroxylation sites is 1. The van der Waals surface area contributed by atoms with Crippen LogP contribution in [0.4, 0.5) is 0 Å². The lowest BCUT2D eigenvalue weighted by atomic mass is 9.86. The zero-order valence-corrected chi connectivity index (χ0v) is 14.6. The zero-order valence-electron chi connectivity index (χ0n) is 13.8. The van der Waals surface area contributed by atoms with Crippen LogP contribution in [0, 0.1) is 5.92 Å². The molecule has 0 saturated heterocycles. The Labute approximate surface area is 149 Å². The van der Waals surface area contributed by atoms with Crippen LogP contribution in [-0.2, 0) is 11.3 Å². The molecule has 5 nitrogen and oxygen atoms in total. The molecular formula is C19H20N2O3S. The summed E-state index contributed by atoms with van der Waals surface area (Å²) in [5.41, 5.74) is 1.74. The van der Waals surface area contributed by atoms with Crippen LogP contribution < -0.4 is 5.32 Å².